The molecule has 2 unspecified atom stereocenters. The average Bonchev–Trinajstić information content (AvgIpc) is 3.07. The second-order valence-electron chi connectivity index (χ2n) is 6.21. The lowest BCUT2D eigenvalue weighted by Crippen LogP contribution is -2.12. The summed E-state index contributed by atoms with van der Waals surface area (Å²) in [5, 5.41) is 3.43. The monoisotopic (exact) mass is 279 g/mol. The van der Waals surface area contributed by atoms with Crippen LogP contribution < -0.4 is 10.1 Å². The molecule has 1 aliphatic carbocycles. The van der Waals surface area contributed by atoms with Gasteiger partial charge in [-0.2, -0.15) is 0 Å². The average molecular weight is 279 g/mol. The SMILES string of the molecule is CNC1CCc2c(-c3ccc4c(c3)CC(C)O4)cccc21. The van der Waals surface area contributed by atoms with E-state index in [0.717, 1.165) is 12.2 Å². The van der Waals surface area contributed by atoms with Gasteiger partial charge in [0.2, 0.25) is 0 Å². The summed E-state index contributed by atoms with van der Waals surface area (Å²) in [6.07, 6.45) is 3.71. The number of benzene rings is 2. The highest BCUT2D eigenvalue weighted by Gasteiger charge is 2.24. The number of nitrogens with one attached hydrogen (secondary N) is 1. The number of rotatable bonds is 2. The summed E-state index contributed by atoms with van der Waals surface area (Å²) in [4.78, 5) is 0. The minimum atomic E-state index is 0.311. The molecule has 2 heteroatoms. The minimum Gasteiger partial charge on any atom is -0.490 e. The Labute approximate surface area is 126 Å². The molecule has 108 valence electrons. The molecule has 0 saturated carbocycles. The van der Waals surface area contributed by atoms with Crippen molar-refractivity contribution >= 4 is 0 Å². The molecule has 2 aliphatic rings. The lowest BCUT2D eigenvalue weighted by atomic mass is 9.94. The zero-order valence-corrected chi connectivity index (χ0v) is 12.6. The molecule has 0 spiro atoms. The van der Waals surface area contributed by atoms with Crippen molar-refractivity contribution in [1.82, 2.24) is 5.32 Å². The Morgan fingerprint density at radius 2 is 2.10 bits per heavy atom. The van der Waals surface area contributed by atoms with Gasteiger partial charge < -0.3 is 10.1 Å². The van der Waals surface area contributed by atoms with Crippen LogP contribution >= 0.6 is 0 Å². The van der Waals surface area contributed by atoms with Crippen molar-refractivity contribution in [2.45, 2.75) is 38.3 Å². The van der Waals surface area contributed by atoms with Gasteiger partial charge in [-0.1, -0.05) is 24.3 Å². The van der Waals surface area contributed by atoms with Gasteiger partial charge in [0.05, 0.1) is 0 Å². The predicted molar refractivity (Wildman–Crippen MR) is 85.8 cm³/mol. The third-order valence-electron chi connectivity index (χ3n) is 4.83. The van der Waals surface area contributed by atoms with Crippen molar-refractivity contribution in [3.63, 3.8) is 0 Å². The molecule has 0 aromatic heterocycles. The first-order valence-electron chi connectivity index (χ1n) is 7.85. The number of fused-ring (bicyclic) bond motifs is 2. The van der Waals surface area contributed by atoms with Crippen LogP contribution in [-0.2, 0) is 12.8 Å². The minimum absolute atomic E-state index is 0.311. The zero-order chi connectivity index (χ0) is 14.4. The van der Waals surface area contributed by atoms with E-state index in [1.54, 1.807) is 0 Å². The van der Waals surface area contributed by atoms with Crippen LogP contribution in [-0.4, -0.2) is 13.2 Å². The van der Waals surface area contributed by atoms with Gasteiger partial charge in [-0.3, -0.25) is 0 Å². The van der Waals surface area contributed by atoms with Gasteiger partial charge in [0.25, 0.3) is 0 Å². The molecule has 4 rings (SSSR count). The predicted octanol–water partition coefficient (Wildman–Crippen LogP) is 3.88. The van der Waals surface area contributed by atoms with Crippen molar-refractivity contribution in [3.8, 4) is 16.9 Å². The molecule has 21 heavy (non-hydrogen) atoms. The summed E-state index contributed by atoms with van der Waals surface area (Å²) >= 11 is 0. The molecular formula is C19H21NO. The van der Waals surface area contributed by atoms with Crippen LogP contribution in [0, 0.1) is 0 Å². The Morgan fingerprint density at radius 1 is 1.19 bits per heavy atom. The zero-order valence-electron chi connectivity index (χ0n) is 12.6. The molecule has 0 bridgehead atoms. The van der Waals surface area contributed by atoms with Crippen molar-refractivity contribution in [2.75, 3.05) is 7.05 Å². The fourth-order valence-electron chi connectivity index (χ4n) is 3.81. The van der Waals surface area contributed by atoms with Gasteiger partial charge in [0.1, 0.15) is 11.9 Å². The Hall–Kier alpha value is -1.80. The van der Waals surface area contributed by atoms with Crippen molar-refractivity contribution in [2.24, 2.45) is 0 Å². The Morgan fingerprint density at radius 3 is 2.95 bits per heavy atom. The fraction of sp³-hybridized carbons (Fsp3) is 0.368. The highest BCUT2D eigenvalue weighted by molar-refractivity contribution is 5.71. The molecule has 1 heterocycles. The van der Waals surface area contributed by atoms with Crippen LogP contribution in [0.3, 0.4) is 0 Å². The van der Waals surface area contributed by atoms with E-state index in [4.69, 9.17) is 4.74 Å². The van der Waals surface area contributed by atoms with Crippen molar-refractivity contribution in [3.05, 3.63) is 53.1 Å². The standard InChI is InChI=1S/C19H21NO/c1-12-10-14-11-13(6-9-19(14)21-12)15-4-3-5-17-16(15)7-8-18(17)20-2/h3-6,9,11-12,18,20H,7-8,10H2,1-2H3. The summed E-state index contributed by atoms with van der Waals surface area (Å²) in [7, 11) is 2.06. The number of hydrogen-bond acceptors (Lipinski definition) is 2. The van der Waals surface area contributed by atoms with Crippen LogP contribution in [0.5, 0.6) is 5.75 Å². The molecule has 0 fully saturated rings. The number of hydrogen-bond donors (Lipinski definition) is 1. The van der Waals surface area contributed by atoms with Crippen molar-refractivity contribution in [1.29, 1.82) is 0 Å². The van der Waals surface area contributed by atoms with Gasteiger partial charge in [-0.25, -0.2) is 0 Å². The van der Waals surface area contributed by atoms with E-state index in [1.807, 2.05) is 0 Å². The van der Waals surface area contributed by atoms with E-state index in [9.17, 15) is 0 Å². The highest BCUT2D eigenvalue weighted by Crippen LogP contribution is 2.39. The largest absolute Gasteiger partial charge is 0.490 e. The van der Waals surface area contributed by atoms with E-state index >= 15 is 0 Å². The van der Waals surface area contributed by atoms with E-state index in [-0.39, 0.29) is 0 Å². The molecule has 2 aromatic rings. The van der Waals surface area contributed by atoms with Crippen LogP contribution in [0.15, 0.2) is 36.4 Å². The second-order valence-corrected chi connectivity index (χ2v) is 6.21. The third-order valence-corrected chi connectivity index (χ3v) is 4.83. The van der Waals surface area contributed by atoms with Gasteiger partial charge in [-0.15, -0.1) is 0 Å². The van der Waals surface area contributed by atoms with Gasteiger partial charge in [0, 0.05) is 12.5 Å². The van der Waals surface area contributed by atoms with E-state index in [0.29, 0.717) is 12.1 Å². The smallest absolute Gasteiger partial charge is 0.123 e. The maximum atomic E-state index is 5.81. The Kier molecular flexibility index (Phi) is 3.00. The van der Waals surface area contributed by atoms with Crippen molar-refractivity contribution < 1.29 is 4.74 Å². The lowest BCUT2D eigenvalue weighted by molar-refractivity contribution is 0.254. The maximum absolute atomic E-state index is 5.81. The van der Waals surface area contributed by atoms with E-state index in [1.165, 1.54) is 40.7 Å². The van der Waals surface area contributed by atoms with Gasteiger partial charge in [-0.05, 0) is 66.8 Å². The molecule has 2 atom stereocenters. The third kappa shape index (κ3) is 2.06. The van der Waals surface area contributed by atoms with E-state index in [2.05, 4.69) is 55.7 Å². The van der Waals surface area contributed by atoms with E-state index < -0.39 is 0 Å². The second kappa shape index (κ2) is 4.88. The quantitative estimate of drug-likeness (QED) is 0.900. The molecule has 1 aliphatic heterocycles. The Balaban J connectivity index is 1.79. The molecular weight excluding hydrogens is 258 g/mol. The lowest BCUT2D eigenvalue weighted by Gasteiger charge is -2.13. The van der Waals surface area contributed by atoms with Crippen LogP contribution in [0.2, 0.25) is 0 Å². The van der Waals surface area contributed by atoms with Gasteiger partial charge >= 0.3 is 0 Å². The molecule has 0 amide bonds. The first-order valence-corrected chi connectivity index (χ1v) is 7.85. The van der Waals surface area contributed by atoms with Gasteiger partial charge in [0.15, 0.2) is 0 Å². The topological polar surface area (TPSA) is 21.3 Å². The normalized spacial score (nSPS) is 22.8. The molecule has 2 nitrogen and oxygen atoms in total. The summed E-state index contributed by atoms with van der Waals surface area (Å²) < 4.78 is 5.81. The molecule has 2 aromatic carbocycles. The first-order chi connectivity index (χ1) is 10.3. The molecule has 1 N–H and O–H groups in total. The summed E-state index contributed by atoms with van der Waals surface area (Å²) in [6, 6.07) is 13.9. The van der Waals surface area contributed by atoms with Crippen LogP contribution in [0.4, 0.5) is 0 Å². The molecule has 0 radical (unpaired) electrons. The van der Waals surface area contributed by atoms with Crippen LogP contribution in [0.25, 0.3) is 11.1 Å². The number of ether oxygens (including phenoxy) is 1. The Bertz CT molecular complexity index is 692. The molecule has 0 saturated heterocycles. The first kappa shape index (κ1) is 12.9. The van der Waals surface area contributed by atoms with Crippen LogP contribution in [0.1, 0.15) is 36.1 Å². The summed E-state index contributed by atoms with van der Waals surface area (Å²) in [5.41, 5.74) is 7.07. The summed E-state index contributed by atoms with van der Waals surface area (Å²) in [6.45, 7) is 2.14. The fourth-order valence-corrected chi connectivity index (χ4v) is 3.81. The maximum Gasteiger partial charge on any atom is 0.123 e. The highest BCUT2D eigenvalue weighted by atomic mass is 16.5. The summed E-state index contributed by atoms with van der Waals surface area (Å²) in [5.74, 6) is 1.06.